The van der Waals surface area contributed by atoms with Crippen molar-refractivity contribution in [3.8, 4) is 11.5 Å². The Bertz CT molecular complexity index is 2660. The van der Waals surface area contributed by atoms with Gasteiger partial charge >= 0.3 is 236 Å². The van der Waals surface area contributed by atoms with Crippen molar-refractivity contribution in [1.29, 1.82) is 0 Å². The summed E-state index contributed by atoms with van der Waals surface area (Å²) >= 11 is -9.74. The monoisotopic (exact) mass is 1060 g/mol. The van der Waals surface area contributed by atoms with E-state index >= 15 is 35.1 Å². The number of rotatable bonds is 9. The Hall–Kier alpha value is -6.27. The maximum absolute atomic E-state index is 15.4. The third kappa shape index (κ3) is 8.28. The Morgan fingerprint density at radius 1 is 0.265 bits per heavy atom. The number of hydrogen-bond acceptors (Lipinski definition) is 2. The summed E-state index contributed by atoms with van der Waals surface area (Å²) in [6, 6.07) is 27.2. The van der Waals surface area contributed by atoms with Gasteiger partial charge in [-0.25, -0.2) is 0 Å². The van der Waals surface area contributed by atoms with E-state index in [0.717, 1.165) is 11.5 Å². The first-order valence-electron chi connectivity index (χ1n) is 18.3. The first-order valence-corrected chi connectivity index (χ1v) is 24.4. The molecule has 68 heavy (non-hydrogen) atoms. The summed E-state index contributed by atoms with van der Waals surface area (Å²) in [4.78, 5) is 3.83. The molecule has 0 aliphatic rings. The Morgan fingerprint density at radius 2 is 0.456 bits per heavy atom. The van der Waals surface area contributed by atoms with Gasteiger partial charge in [0.15, 0.2) is 14.7 Å². The second kappa shape index (κ2) is 19.8. The zero-order valence-corrected chi connectivity index (χ0v) is 36.6. The van der Waals surface area contributed by atoms with Gasteiger partial charge < -0.3 is 9.47 Å². The molecule has 0 atom stereocenters. The maximum atomic E-state index is 15.4. The molecule has 7 aromatic rings. The number of hydrogen-bond donors (Lipinski definition) is 0. The van der Waals surface area contributed by atoms with Gasteiger partial charge in [0.2, 0.25) is 0 Å². The average Bonchev–Trinajstić information content (AvgIpc) is 3.34. The fourth-order valence-corrected chi connectivity index (χ4v) is 21.5. The van der Waals surface area contributed by atoms with Crippen LogP contribution in [0.2, 0.25) is 0 Å². The SMILES string of the molecule is COc1ccc([S+](c2ccccc2)c2ccc(OC)cc2)cc1.Fc1c(F)c(F)[c]([Ga-]([c]2c(F)c(F)c(F)c(F)c2F)([c]2c(F)c(F)c(F)c(F)c2F)[c]2c(F)c(F)c(F)c(F)c2F)c(F)c1F. The van der Waals surface area contributed by atoms with Gasteiger partial charge in [-0.1, -0.05) is 18.2 Å². The van der Waals surface area contributed by atoms with Gasteiger partial charge in [0, 0.05) is 0 Å². The molecular weight excluding hydrogens is 1040 g/mol. The van der Waals surface area contributed by atoms with Crippen LogP contribution in [-0.4, -0.2) is 29.2 Å². The summed E-state index contributed by atoms with van der Waals surface area (Å²) in [6.45, 7) is 0. The van der Waals surface area contributed by atoms with E-state index in [2.05, 4.69) is 48.5 Å². The predicted molar refractivity (Wildman–Crippen MR) is 204 cm³/mol. The predicted octanol–water partition coefficient (Wildman–Crippen LogP) is 10.6. The zero-order chi connectivity index (χ0) is 50.4. The molecule has 356 valence electrons. The molecule has 0 aliphatic heterocycles. The van der Waals surface area contributed by atoms with E-state index in [1.807, 2.05) is 30.3 Å². The van der Waals surface area contributed by atoms with E-state index in [9.17, 15) is 52.7 Å². The molecule has 0 heterocycles. The minimum absolute atomic E-state index is 0.146. The summed E-state index contributed by atoms with van der Waals surface area (Å²) in [7, 11) is 3.23. The second-order valence-electron chi connectivity index (χ2n) is 13.8. The van der Waals surface area contributed by atoms with Gasteiger partial charge in [-0.15, -0.1) is 0 Å². The van der Waals surface area contributed by atoms with Gasteiger partial charge in [-0.3, -0.25) is 0 Å². The molecule has 0 unspecified atom stereocenters. The quantitative estimate of drug-likeness (QED) is 0.0472. The number of ether oxygens (including phenoxy) is 2. The molecule has 0 amide bonds. The Morgan fingerprint density at radius 3 is 0.662 bits per heavy atom. The third-order valence-electron chi connectivity index (χ3n) is 10.3. The first-order chi connectivity index (χ1) is 32.0. The Balaban J connectivity index is 0.000000276. The van der Waals surface area contributed by atoms with E-state index in [1.165, 1.54) is 14.7 Å². The van der Waals surface area contributed by atoms with Gasteiger partial charge in [-0.05, 0) is 60.7 Å². The Labute approximate surface area is 374 Å². The van der Waals surface area contributed by atoms with Crippen molar-refractivity contribution >= 4 is 42.4 Å². The van der Waals surface area contributed by atoms with Crippen LogP contribution in [0.3, 0.4) is 0 Å². The molecule has 0 radical (unpaired) electrons. The average molecular weight is 1060 g/mol. The molecule has 2 nitrogen and oxygen atoms in total. The summed E-state index contributed by atoms with van der Waals surface area (Å²) in [5, 5.41) is 0. The number of halogens is 20. The van der Waals surface area contributed by atoms with E-state index in [4.69, 9.17) is 9.47 Å². The Kier molecular flexibility index (Phi) is 14.8. The van der Waals surface area contributed by atoms with Crippen molar-refractivity contribution in [2.24, 2.45) is 0 Å². The van der Waals surface area contributed by atoms with E-state index in [-0.39, 0.29) is 10.9 Å². The topological polar surface area (TPSA) is 18.5 Å². The van der Waals surface area contributed by atoms with Crippen molar-refractivity contribution in [2.75, 3.05) is 14.2 Å². The molecule has 0 saturated carbocycles. The third-order valence-corrected chi connectivity index (χ3v) is 24.0. The molecule has 0 spiro atoms. The zero-order valence-electron chi connectivity index (χ0n) is 33.4. The van der Waals surface area contributed by atoms with Crippen LogP contribution in [0, 0.1) is 116 Å². The summed E-state index contributed by atoms with van der Waals surface area (Å²) in [5.74, 6) is -68.8. The van der Waals surface area contributed by atoms with Crippen LogP contribution in [0.15, 0.2) is 93.5 Å². The van der Waals surface area contributed by atoms with E-state index in [0.29, 0.717) is 0 Å². The summed E-state index contributed by atoms with van der Waals surface area (Å²) in [6.07, 6.45) is 0. The molecular formula is C44H19F20GaO2S. The fraction of sp³-hybridized carbons (Fsp3) is 0.0455. The van der Waals surface area contributed by atoms with Gasteiger partial charge in [0.05, 0.1) is 25.1 Å². The van der Waals surface area contributed by atoms with Gasteiger partial charge in [0.25, 0.3) is 0 Å². The molecule has 0 N–H and O–H groups in total. The number of benzene rings is 7. The van der Waals surface area contributed by atoms with Crippen LogP contribution in [-0.2, 0) is 10.9 Å². The molecule has 0 fully saturated rings. The first kappa shape index (κ1) is 51.1. The second-order valence-corrected chi connectivity index (χ2v) is 24.3. The normalized spacial score (nSPS) is 11.5. The van der Waals surface area contributed by atoms with Crippen molar-refractivity contribution < 1.29 is 97.3 Å². The van der Waals surface area contributed by atoms with Crippen LogP contribution in [0.5, 0.6) is 11.5 Å². The minimum atomic E-state index is -9.74. The summed E-state index contributed by atoms with van der Waals surface area (Å²) < 4.78 is 291. The van der Waals surface area contributed by atoms with Gasteiger partial charge in [-0.2, -0.15) is 0 Å². The van der Waals surface area contributed by atoms with Crippen LogP contribution in [0.25, 0.3) is 0 Å². The molecule has 24 heteroatoms. The molecule has 0 bridgehead atoms. The molecule has 0 aliphatic carbocycles. The molecule has 0 aromatic heterocycles. The standard InChI is InChI=1S/C20H19O2S.4C6F5.Ga/c1-21-16-8-12-19(13-9-16)23(18-6-4-3-5-7-18)20-14-10-17(22-2)11-15-20;4*7-2-1-3(8)5(10)6(11)4(2)9;/h3-15H,1-2H3;;;;;/q+1;;;;;-1. The van der Waals surface area contributed by atoms with E-state index < -0.39 is 148 Å². The van der Waals surface area contributed by atoms with Crippen molar-refractivity contribution in [3.05, 3.63) is 195 Å². The van der Waals surface area contributed by atoms with E-state index in [1.54, 1.807) is 14.2 Å². The van der Waals surface area contributed by atoms with Crippen LogP contribution in [0.4, 0.5) is 87.8 Å². The molecule has 0 saturated heterocycles. The fourth-order valence-electron chi connectivity index (χ4n) is 7.26. The van der Waals surface area contributed by atoms with Crippen molar-refractivity contribution in [1.82, 2.24) is 0 Å². The van der Waals surface area contributed by atoms with Crippen molar-refractivity contribution in [3.63, 3.8) is 0 Å². The van der Waals surface area contributed by atoms with Crippen molar-refractivity contribution in [2.45, 2.75) is 14.7 Å². The van der Waals surface area contributed by atoms with Crippen LogP contribution >= 0.6 is 0 Å². The van der Waals surface area contributed by atoms with Gasteiger partial charge in [0.1, 0.15) is 11.5 Å². The number of methoxy groups -OCH3 is 2. The molecule has 7 aromatic carbocycles. The van der Waals surface area contributed by atoms with Crippen LogP contribution < -0.4 is 25.9 Å². The molecule has 7 rings (SSSR count). The summed E-state index contributed by atoms with van der Waals surface area (Å²) in [5.41, 5.74) is 0. The van der Waals surface area contributed by atoms with Crippen LogP contribution in [0.1, 0.15) is 0 Å².